The van der Waals surface area contributed by atoms with E-state index in [9.17, 15) is 0 Å². The van der Waals surface area contributed by atoms with Gasteiger partial charge in [-0.25, -0.2) is 0 Å². The summed E-state index contributed by atoms with van der Waals surface area (Å²) in [6.07, 6.45) is 2.49. The number of benzene rings is 2. The van der Waals surface area contributed by atoms with Gasteiger partial charge in [0, 0.05) is 10.6 Å². The zero-order valence-electron chi connectivity index (χ0n) is 12.1. The lowest BCUT2D eigenvalue weighted by atomic mass is 9.97. The highest BCUT2D eigenvalue weighted by atomic mass is 35.5. The lowest BCUT2D eigenvalue weighted by molar-refractivity contribution is 0.582. The van der Waals surface area contributed by atoms with Crippen LogP contribution in [-0.2, 0) is 6.42 Å². The average Bonchev–Trinajstić information content (AvgIpc) is 2.99. The number of halogens is 1. The third kappa shape index (κ3) is 3.03. The van der Waals surface area contributed by atoms with E-state index in [1.165, 1.54) is 16.7 Å². The Hall–Kier alpha value is -1.99. The molecule has 105 valence electrons. The molecule has 0 aliphatic carbocycles. The van der Waals surface area contributed by atoms with Crippen LogP contribution < -0.4 is 0 Å². The lowest BCUT2D eigenvalue weighted by Crippen LogP contribution is -1.94. The van der Waals surface area contributed by atoms with Crippen LogP contribution in [0.4, 0.5) is 0 Å². The molecule has 0 aliphatic rings. The summed E-state index contributed by atoms with van der Waals surface area (Å²) >= 11 is 6.44. The van der Waals surface area contributed by atoms with E-state index in [0.717, 1.165) is 28.3 Å². The highest BCUT2D eigenvalue weighted by molar-refractivity contribution is 6.31. The van der Waals surface area contributed by atoms with Crippen LogP contribution in [0.2, 0.25) is 5.02 Å². The van der Waals surface area contributed by atoms with Crippen molar-refractivity contribution in [3.63, 3.8) is 0 Å². The van der Waals surface area contributed by atoms with Gasteiger partial charge in [0.15, 0.2) is 0 Å². The Morgan fingerprint density at radius 3 is 2.67 bits per heavy atom. The molecule has 1 heterocycles. The fraction of sp³-hybridized carbons (Fsp3) is 0.158. The number of aryl methyl sites for hydroxylation is 2. The second kappa shape index (κ2) is 5.79. The Balaban J connectivity index is 1.91. The summed E-state index contributed by atoms with van der Waals surface area (Å²) in [4.78, 5) is 0. The largest absolute Gasteiger partial charge is 0.464 e. The molecule has 0 N–H and O–H groups in total. The molecule has 0 unspecified atom stereocenters. The number of rotatable bonds is 3. The SMILES string of the molecule is Cc1c[c]c(C)c(Cc2ccc(-c3ccco3)cc2Cl)c1. The van der Waals surface area contributed by atoms with Gasteiger partial charge < -0.3 is 4.42 Å². The molecule has 0 amide bonds. The summed E-state index contributed by atoms with van der Waals surface area (Å²) in [7, 11) is 0. The molecule has 0 spiro atoms. The van der Waals surface area contributed by atoms with Gasteiger partial charge in [0.1, 0.15) is 5.76 Å². The first-order valence-corrected chi connectivity index (χ1v) is 7.31. The molecule has 0 saturated heterocycles. The minimum absolute atomic E-state index is 0.768. The maximum Gasteiger partial charge on any atom is 0.133 e. The Bertz CT molecular complexity index is 757. The van der Waals surface area contributed by atoms with E-state index in [1.807, 2.05) is 24.3 Å². The quantitative estimate of drug-likeness (QED) is 0.612. The predicted octanol–water partition coefficient (Wildman–Crippen LogP) is 5.61. The predicted molar refractivity (Wildman–Crippen MR) is 86.7 cm³/mol. The van der Waals surface area contributed by atoms with Gasteiger partial charge in [-0.1, -0.05) is 41.4 Å². The van der Waals surface area contributed by atoms with Crippen LogP contribution >= 0.6 is 11.6 Å². The molecule has 1 nitrogen and oxygen atoms in total. The van der Waals surface area contributed by atoms with Crippen LogP contribution in [0.5, 0.6) is 0 Å². The van der Waals surface area contributed by atoms with Crippen molar-refractivity contribution >= 4 is 11.6 Å². The van der Waals surface area contributed by atoms with Crippen LogP contribution in [0.1, 0.15) is 22.3 Å². The first-order chi connectivity index (χ1) is 10.1. The fourth-order valence-electron chi connectivity index (χ4n) is 2.42. The van der Waals surface area contributed by atoms with Crippen LogP contribution in [-0.4, -0.2) is 0 Å². The summed E-state index contributed by atoms with van der Waals surface area (Å²) < 4.78 is 5.40. The molecule has 2 heteroatoms. The molecule has 2 aromatic carbocycles. The van der Waals surface area contributed by atoms with Gasteiger partial charge in [-0.2, -0.15) is 0 Å². The van der Waals surface area contributed by atoms with Gasteiger partial charge >= 0.3 is 0 Å². The van der Waals surface area contributed by atoms with Crippen molar-refractivity contribution in [3.8, 4) is 11.3 Å². The van der Waals surface area contributed by atoms with E-state index in [2.05, 4.69) is 38.1 Å². The van der Waals surface area contributed by atoms with E-state index in [1.54, 1.807) is 6.26 Å². The van der Waals surface area contributed by atoms with Crippen molar-refractivity contribution in [2.45, 2.75) is 20.3 Å². The van der Waals surface area contributed by atoms with Crippen LogP contribution in [0.15, 0.2) is 53.1 Å². The van der Waals surface area contributed by atoms with Crippen LogP contribution in [0, 0.1) is 19.9 Å². The van der Waals surface area contributed by atoms with Crippen LogP contribution in [0.3, 0.4) is 0 Å². The zero-order chi connectivity index (χ0) is 14.8. The van der Waals surface area contributed by atoms with Crippen molar-refractivity contribution in [1.29, 1.82) is 0 Å². The van der Waals surface area contributed by atoms with Crippen LogP contribution in [0.25, 0.3) is 11.3 Å². The summed E-state index contributed by atoms with van der Waals surface area (Å²) in [6, 6.07) is 17.4. The van der Waals surface area contributed by atoms with E-state index >= 15 is 0 Å². The van der Waals surface area contributed by atoms with E-state index in [4.69, 9.17) is 16.0 Å². The minimum atomic E-state index is 0.768. The third-order valence-electron chi connectivity index (χ3n) is 3.64. The van der Waals surface area contributed by atoms with Gasteiger partial charge in [-0.15, -0.1) is 0 Å². The highest BCUT2D eigenvalue weighted by Gasteiger charge is 2.08. The molecule has 1 radical (unpaired) electrons. The third-order valence-corrected chi connectivity index (χ3v) is 3.99. The van der Waals surface area contributed by atoms with E-state index in [0.29, 0.717) is 0 Å². The van der Waals surface area contributed by atoms with E-state index < -0.39 is 0 Å². The molecule has 0 bridgehead atoms. The summed E-state index contributed by atoms with van der Waals surface area (Å²) in [6.45, 7) is 4.17. The molecule has 21 heavy (non-hydrogen) atoms. The molecule has 1 aromatic heterocycles. The standard InChI is InChI=1S/C19H16ClO/c1-13-5-6-14(2)17(10-13)11-15-7-8-16(12-18(15)20)19-4-3-9-21-19/h3-5,7-10,12H,11H2,1-2H3. The van der Waals surface area contributed by atoms with Gasteiger partial charge in [-0.05, 0) is 61.2 Å². The summed E-state index contributed by atoms with van der Waals surface area (Å²) in [5.41, 5.74) is 5.78. The molecular formula is C19H16ClO. The summed E-state index contributed by atoms with van der Waals surface area (Å²) in [5, 5.41) is 0.768. The summed E-state index contributed by atoms with van der Waals surface area (Å²) in [5.74, 6) is 0.837. The monoisotopic (exact) mass is 295 g/mol. The van der Waals surface area contributed by atoms with Crippen molar-refractivity contribution in [1.82, 2.24) is 0 Å². The lowest BCUT2D eigenvalue weighted by Gasteiger charge is -2.09. The molecule has 0 aliphatic heterocycles. The van der Waals surface area contributed by atoms with Gasteiger partial charge in [-0.3, -0.25) is 0 Å². The molecule has 3 rings (SSSR count). The smallest absolute Gasteiger partial charge is 0.133 e. The Kier molecular flexibility index (Phi) is 3.85. The van der Waals surface area contributed by atoms with Gasteiger partial charge in [0.2, 0.25) is 0 Å². The average molecular weight is 296 g/mol. The maximum absolute atomic E-state index is 6.44. The van der Waals surface area contributed by atoms with Crippen molar-refractivity contribution in [3.05, 3.63) is 82.1 Å². The molecule has 0 fully saturated rings. The van der Waals surface area contributed by atoms with Crippen molar-refractivity contribution in [2.75, 3.05) is 0 Å². The fourth-order valence-corrected chi connectivity index (χ4v) is 2.66. The normalized spacial score (nSPS) is 10.8. The van der Waals surface area contributed by atoms with Gasteiger partial charge in [0.25, 0.3) is 0 Å². The second-order valence-electron chi connectivity index (χ2n) is 5.29. The Labute approximate surface area is 130 Å². The minimum Gasteiger partial charge on any atom is -0.464 e. The number of furan rings is 1. The zero-order valence-corrected chi connectivity index (χ0v) is 12.9. The molecule has 3 aromatic rings. The highest BCUT2D eigenvalue weighted by Crippen LogP contribution is 2.28. The first-order valence-electron chi connectivity index (χ1n) is 6.93. The molecule has 0 saturated carbocycles. The first kappa shape index (κ1) is 14.0. The number of hydrogen-bond acceptors (Lipinski definition) is 1. The van der Waals surface area contributed by atoms with Crippen molar-refractivity contribution in [2.24, 2.45) is 0 Å². The topological polar surface area (TPSA) is 13.1 Å². The second-order valence-corrected chi connectivity index (χ2v) is 5.69. The Morgan fingerprint density at radius 2 is 1.95 bits per heavy atom. The van der Waals surface area contributed by atoms with Crippen molar-refractivity contribution < 1.29 is 4.42 Å². The number of hydrogen-bond donors (Lipinski definition) is 0. The van der Waals surface area contributed by atoms with E-state index in [-0.39, 0.29) is 0 Å². The Morgan fingerprint density at radius 1 is 1.10 bits per heavy atom. The molecule has 0 atom stereocenters. The maximum atomic E-state index is 6.44. The van der Waals surface area contributed by atoms with Gasteiger partial charge in [0.05, 0.1) is 6.26 Å². The molecular weight excluding hydrogens is 280 g/mol.